The van der Waals surface area contributed by atoms with Gasteiger partial charge in [-0.25, -0.2) is 0 Å². The van der Waals surface area contributed by atoms with E-state index in [1.807, 2.05) is 6.07 Å². The Morgan fingerprint density at radius 2 is 2.00 bits per heavy atom. The summed E-state index contributed by atoms with van der Waals surface area (Å²) in [5.74, 6) is 2.00. The van der Waals surface area contributed by atoms with Gasteiger partial charge in [-0.15, -0.1) is 0 Å². The molecule has 0 aromatic heterocycles. The van der Waals surface area contributed by atoms with Crippen LogP contribution in [-0.4, -0.2) is 39.6 Å². The molecule has 1 saturated heterocycles. The Hall–Kier alpha value is -1.26. The Morgan fingerprint density at radius 3 is 2.62 bits per heavy atom. The fraction of sp³-hybridized carbons (Fsp3) is 0.647. The van der Waals surface area contributed by atoms with Gasteiger partial charge >= 0.3 is 0 Å². The van der Waals surface area contributed by atoms with E-state index in [4.69, 9.17) is 18.9 Å². The fourth-order valence-electron chi connectivity index (χ4n) is 2.70. The minimum Gasteiger partial charge on any atom is -0.493 e. The Kier molecular flexibility index (Phi) is 5.48. The van der Waals surface area contributed by atoms with Crippen LogP contribution < -0.4 is 9.47 Å². The molecule has 0 aliphatic carbocycles. The molecule has 1 aliphatic heterocycles. The van der Waals surface area contributed by atoms with E-state index in [0.717, 1.165) is 30.9 Å². The van der Waals surface area contributed by atoms with Crippen molar-refractivity contribution in [1.29, 1.82) is 0 Å². The van der Waals surface area contributed by atoms with E-state index in [1.165, 1.54) is 5.56 Å². The Balaban J connectivity index is 2.06. The van der Waals surface area contributed by atoms with Gasteiger partial charge in [-0.2, -0.15) is 0 Å². The highest BCUT2D eigenvalue weighted by atomic mass is 16.5. The molecule has 0 radical (unpaired) electrons. The van der Waals surface area contributed by atoms with Crippen molar-refractivity contribution in [2.24, 2.45) is 0 Å². The zero-order valence-corrected chi connectivity index (χ0v) is 13.5. The van der Waals surface area contributed by atoms with Crippen molar-refractivity contribution in [3.8, 4) is 11.5 Å². The molecule has 1 aromatic carbocycles. The van der Waals surface area contributed by atoms with Gasteiger partial charge in [-0.1, -0.05) is 6.07 Å². The van der Waals surface area contributed by atoms with E-state index in [9.17, 15) is 0 Å². The first-order valence-electron chi connectivity index (χ1n) is 7.49. The van der Waals surface area contributed by atoms with E-state index in [1.54, 1.807) is 14.2 Å². The first-order chi connectivity index (χ1) is 10.1. The van der Waals surface area contributed by atoms with Gasteiger partial charge in [0.2, 0.25) is 0 Å². The maximum Gasteiger partial charge on any atom is 0.161 e. The smallest absolute Gasteiger partial charge is 0.161 e. The van der Waals surface area contributed by atoms with Crippen LogP contribution in [0.4, 0.5) is 0 Å². The average molecular weight is 294 g/mol. The number of benzene rings is 1. The van der Waals surface area contributed by atoms with Gasteiger partial charge < -0.3 is 18.9 Å². The van der Waals surface area contributed by atoms with Crippen molar-refractivity contribution in [2.75, 3.05) is 34.0 Å². The van der Waals surface area contributed by atoms with Gasteiger partial charge in [0.25, 0.3) is 0 Å². The predicted octanol–water partition coefficient (Wildman–Crippen LogP) is 3.39. The lowest BCUT2D eigenvalue weighted by Crippen LogP contribution is -2.16. The zero-order chi connectivity index (χ0) is 15.3. The van der Waals surface area contributed by atoms with Crippen molar-refractivity contribution in [3.63, 3.8) is 0 Å². The predicted molar refractivity (Wildman–Crippen MR) is 82.4 cm³/mol. The second kappa shape index (κ2) is 7.14. The fourth-order valence-corrected chi connectivity index (χ4v) is 2.70. The molecule has 1 aliphatic rings. The standard InChI is InChI=1S/C17H26O4/c1-17(2)11-14(12-21-17)13-6-7-15(19-4)16(10-13)20-9-5-8-18-3/h6-7,10,14H,5,8-9,11-12H2,1-4H3. The van der Waals surface area contributed by atoms with E-state index in [-0.39, 0.29) is 5.60 Å². The molecule has 1 unspecified atom stereocenters. The maximum atomic E-state index is 5.84. The molecule has 1 fully saturated rings. The molecule has 0 saturated carbocycles. The number of ether oxygens (including phenoxy) is 4. The average Bonchev–Trinajstić information content (AvgIpc) is 2.83. The van der Waals surface area contributed by atoms with Crippen LogP contribution in [-0.2, 0) is 9.47 Å². The first kappa shape index (κ1) is 16.1. The first-order valence-corrected chi connectivity index (χ1v) is 7.49. The normalized spacial score (nSPS) is 20.5. The maximum absolute atomic E-state index is 5.84. The summed E-state index contributed by atoms with van der Waals surface area (Å²) < 4.78 is 22.1. The van der Waals surface area contributed by atoms with Crippen LogP contribution in [0.2, 0.25) is 0 Å². The zero-order valence-electron chi connectivity index (χ0n) is 13.5. The number of hydrogen-bond donors (Lipinski definition) is 0. The van der Waals surface area contributed by atoms with Gasteiger partial charge in [-0.3, -0.25) is 0 Å². The van der Waals surface area contributed by atoms with Crippen molar-refractivity contribution in [2.45, 2.75) is 38.2 Å². The van der Waals surface area contributed by atoms with Gasteiger partial charge in [0, 0.05) is 26.1 Å². The van der Waals surface area contributed by atoms with Gasteiger partial charge in [-0.05, 0) is 38.0 Å². The molecule has 4 heteroatoms. The van der Waals surface area contributed by atoms with Crippen LogP contribution >= 0.6 is 0 Å². The molecule has 0 amide bonds. The van der Waals surface area contributed by atoms with Gasteiger partial charge in [0.05, 0.1) is 25.9 Å². The summed E-state index contributed by atoms with van der Waals surface area (Å²) in [5.41, 5.74) is 1.22. The van der Waals surface area contributed by atoms with E-state index in [0.29, 0.717) is 19.1 Å². The lowest BCUT2D eigenvalue weighted by molar-refractivity contribution is 0.0361. The summed E-state index contributed by atoms with van der Waals surface area (Å²) in [6, 6.07) is 6.17. The van der Waals surface area contributed by atoms with Crippen molar-refractivity contribution in [3.05, 3.63) is 23.8 Å². The number of rotatable bonds is 7. The summed E-state index contributed by atoms with van der Waals surface area (Å²) in [7, 11) is 3.36. The topological polar surface area (TPSA) is 36.9 Å². The van der Waals surface area contributed by atoms with Crippen molar-refractivity contribution < 1.29 is 18.9 Å². The summed E-state index contributed by atoms with van der Waals surface area (Å²) in [6.45, 7) is 6.37. The molecule has 4 nitrogen and oxygen atoms in total. The van der Waals surface area contributed by atoms with Crippen LogP contribution in [0.25, 0.3) is 0 Å². The SMILES string of the molecule is COCCCOc1cc(C2COC(C)(C)C2)ccc1OC. The lowest BCUT2D eigenvalue weighted by atomic mass is 9.91. The quantitative estimate of drug-likeness (QED) is 0.722. The van der Waals surface area contributed by atoms with Crippen LogP contribution in [0.3, 0.4) is 0 Å². The third kappa shape index (κ3) is 4.35. The van der Waals surface area contributed by atoms with Crippen LogP contribution in [0.5, 0.6) is 11.5 Å². The molecule has 1 atom stereocenters. The molecule has 0 spiro atoms. The third-order valence-electron chi connectivity index (χ3n) is 3.82. The van der Waals surface area contributed by atoms with Gasteiger partial charge in [0.1, 0.15) is 0 Å². The van der Waals surface area contributed by atoms with Gasteiger partial charge in [0.15, 0.2) is 11.5 Å². The minimum absolute atomic E-state index is 0.0376. The van der Waals surface area contributed by atoms with Crippen molar-refractivity contribution >= 4 is 0 Å². The second-order valence-electron chi connectivity index (χ2n) is 6.08. The Labute approximate surface area is 127 Å². The number of hydrogen-bond acceptors (Lipinski definition) is 4. The molecule has 1 heterocycles. The van der Waals surface area contributed by atoms with Crippen molar-refractivity contribution in [1.82, 2.24) is 0 Å². The van der Waals surface area contributed by atoms with Crippen LogP contribution in [0.15, 0.2) is 18.2 Å². The van der Waals surface area contributed by atoms with E-state index in [2.05, 4.69) is 26.0 Å². The largest absolute Gasteiger partial charge is 0.493 e. The monoisotopic (exact) mass is 294 g/mol. The number of methoxy groups -OCH3 is 2. The van der Waals surface area contributed by atoms with E-state index >= 15 is 0 Å². The molecule has 0 bridgehead atoms. The van der Waals surface area contributed by atoms with E-state index < -0.39 is 0 Å². The van der Waals surface area contributed by atoms with Crippen LogP contribution in [0, 0.1) is 0 Å². The Morgan fingerprint density at radius 1 is 1.19 bits per heavy atom. The molecular weight excluding hydrogens is 268 g/mol. The molecule has 1 aromatic rings. The highest BCUT2D eigenvalue weighted by molar-refractivity contribution is 5.44. The minimum atomic E-state index is -0.0376. The summed E-state index contributed by atoms with van der Waals surface area (Å²) in [6.07, 6.45) is 1.89. The molecular formula is C17H26O4. The summed E-state index contributed by atoms with van der Waals surface area (Å²) in [4.78, 5) is 0. The highest BCUT2D eigenvalue weighted by Crippen LogP contribution is 2.39. The molecule has 118 valence electrons. The summed E-state index contributed by atoms with van der Waals surface area (Å²) in [5, 5.41) is 0. The highest BCUT2D eigenvalue weighted by Gasteiger charge is 2.33. The lowest BCUT2D eigenvalue weighted by Gasteiger charge is -2.17. The second-order valence-corrected chi connectivity index (χ2v) is 6.08. The molecule has 2 rings (SSSR count). The Bertz CT molecular complexity index is 456. The molecule has 0 N–H and O–H groups in total. The third-order valence-corrected chi connectivity index (χ3v) is 3.82. The molecule has 21 heavy (non-hydrogen) atoms. The van der Waals surface area contributed by atoms with Crippen LogP contribution in [0.1, 0.15) is 38.2 Å². The summed E-state index contributed by atoms with van der Waals surface area (Å²) >= 11 is 0.